The summed E-state index contributed by atoms with van der Waals surface area (Å²) in [6.07, 6.45) is 3.29. The van der Waals surface area contributed by atoms with Crippen molar-refractivity contribution in [2.75, 3.05) is 0 Å². The molecule has 0 unspecified atom stereocenters. The van der Waals surface area contributed by atoms with Crippen molar-refractivity contribution in [2.45, 2.75) is 6.92 Å². The number of benzene rings is 2. The van der Waals surface area contributed by atoms with E-state index in [-0.39, 0.29) is 5.78 Å². The number of allylic oxidation sites excluding steroid dienone is 1. The van der Waals surface area contributed by atoms with E-state index in [4.69, 9.17) is 11.6 Å². The molecule has 0 saturated heterocycles. The van der Waals surface area contributed by atoms with Crippen molar-refractivity contribution in [3.8, 4) is 0 Å². The van der Waals surface area contributed by atoms with Crippen LogP contribution in [0.1, 0.15) is 21.5 Å². The van der Waals surface area contributed by atoms with E-state index in [1.165, 1.54) is 0 Å². The zero-order chi connectivity index (χ0) is 13.0. The second-order valence-corrected chi connectivity index (χ2v) is 4.49. The third-order valence-corrected chi connectivity index (χ3v) is 3.00. The Kier molecular flexibility index (Phi) is 3.96. The van der Waals surface area contributed by atoms with Crippen molar-refractivity contribution in [2.24, 2.45) is 0 Å². The van der Waals surface area contributed by atoms with Crippen LogP contribution in [0.4, 0.5) is 0 Å². The molecule has 0 spiro atoms. The molecule has 2 aromatic rings. The standard InChI is InChI=1S/C16H13ClO/c1-12-6-8-14(9-7-12)16(18)11-10-13-4-2-3-5-15(13)17/h2-11H,1H3/b11-10-. The minimum atomic E-state index is -0.0186. The fourth-order valence-corrected chi connectivity index (χ4v) is 1.79. The number of hydrogen-bond acceptors (Lipinski definition) is 1. The Morgan fingerprint density at radius 3 is 2.39 bits per heavy atom. The average Bonchev–Trinajstić information content (AvgIpc) is 2.38. The van der Waals surface area contributed by atoms with Crippen LogP contribution >= 0.6 is 11.6 Å². The van der Waals surface area contributed by atoms with E-state index in [2.05, 4.69) is 0 Å². The third kappa shape index (κ3) is 3.08. The summed E-state index contributed by atoms with van der Waals surface area (Å²) < 4.78 is 0. The minimum absolute atomic E-state index is 0.0186. The fraction of sp³-hybridized carbons (Fsp3) is 0.0625. The Labute approximate surface area is 112 Å². The molecule has 0 aromatic heterocycles. The van der Waals surface area contributed by atoms with Crippen molar-refractivity contribution < 1.29 is 4.79 Å². The predicted octanol–water partition coefficient (Wildman–Crippen LogP) is 4.54. The van der Waals surface area contributed by atoms with Gasteiger partial charge in [0.05, 0.1) is 0 Å². The highest BCUT2D eigenvalue weighted by Crippen LogP contribution is 2.16. The number of halogens is 1. The molecule has 0 N–H and O–H groups in total. The van der Waals surface area contributed by atoms with E-state index in [1.54, 1.807) is 18.2 Å². The summed E-state index contributed by atoms with van der Waals surface area (Å²) in [4.78, 5) is 11.9. The molecule has 0 fully saturated rings. The molecule has 2 rings (SSSR count). The molecule has 2 aromatic carbocycles. The Bertz CT molecular complexity index is 582. The lowest BCUT2D eigenvalue weighted by atomic mass is 10.1. The Balaban J connectivity index is 2.17. The van der Waals surface area contributed by atoms with Crippen molar-refractivity contribution in [3.63, 3.8) is 0 Å². The van der Waals surface area contributed by atoms with E-state index < -0.39 is 0 Å². The molecule has 0 atom stereocenters. The minimum Gasteiger partial charge on any atom is -0.289 e. The van der Waals surface area contributed by atoms with E-state index in [1.807, 2.05) is 49.4 Å². The zero-order valence-electron chi connectivity index (χ0n) is 10.1. The van der Waals surface area contributed by atoms with Gasteiger partial charge in [0.15, 0.2) is 5.78 Å². The van der Waals surface area contributed by atoms with Crippen molar-refractivity contribution in [1.29, 1.82) is 0 Å². The molecule has 0 aliphatic rings. The zero-order valence-corrected chi connectivity index (χ0v) is 10.8. The number of rotatable bonds is 3. The van der Waals surface area contributed by atoms with Crippen molar-refractivity contribution in [3.05, 3.63) is 76.3 Å². The maximum atomic E-state index is 11.9. The number of carbonyl (C=O) groups is 1. The maximum absolute atomic E-state index is 11.9. The van der Waals surface area contributed by atoms with Crippen LogP contribution < -0.4 is 0 Å². The predicted molar refractivity (Wildman–Crippen MR) is 76.0 cm³/mol. The lowest BCUT2D eigenvalue weighted by molar-refractivity contribution is 0.104. The van der Waals surface area contributed by atoms with Crippen LogP contribution in [0.5, 0.6) is 0 Å². The van der Waals surface area contributed by atoms with Crippen LogP contribution in [0, 0.1) is 6.92 Å². The molecule has 0 aliphatic carbocycles. The van der Waals surface area contributed by atoms with Crippen LogP contribution in [-0.2, 0) is 0 Å². The number of carbonyl (C=O) groups excluding carboxylic acids is 1. The van der Waals surface area contributed by atoms with Crippen LogP contribution in [0.25, 0.3) is 6.08 Å². The molecule has 0 heterocycles. The first kappa shape index (κ1) is 12.6. The van der Waals surface area contributed by atoms with Crippen molar-refractivity contribution in [1.82, 2.24) is 0 Å². The number of aryl methyl sites for hydroxylation is 1. The normalized spacial score (nSPS) is 10.8. The van der Waals surface area contributed by atoms with Gasteiger partial charge in [-0.2, -0.15) is 0 Å². The second-order valence-electron chi connectivity index (χ2n) is 4.09. The van der Waals surface area contributed by atoms with Gasteiger partial charge in [0.2, 0.25) is 0 Å². The molecular formula is C16H13ClO. The molecule has 1 nitrogen and oxygen atoms in total. The van der Waals surface area contributed by atoms with Gasteiger partial charge in [-0.05, 0) is 30.7 Å². The summed E-state index contributed by atoms with van der Waals surface area (Å²) in [5.41, 5.74) is 2.67. The summed E-state index contributed by atoms with van der Waals surface area (Å²) in [6, 6.07) is 14.9. The Morgan fingerprint density at radius 1 is 1.06 bits per heavy atom. The lowest BCUT2D eigenvalue weighted by Gasteiger charge is -1.98. The third-order valence-electron chi connectivity index (χ3n) is 2.66. The van der Waals surface area contributed by atoms with Crippen LogP contribution in [-0.4, -0.2) is 5.78 Å². The van der Waals surface area contributed by atoms with Crippen LogP contribution in [0.2, 0.25) is 5.02 Å². The second kappa shape index (κ2) is 5.65. The van der Waals surface area contributed by atoms with Gasteiger partial charge in [0.25, 0.3) is 0 Å². The molecule has 0 bridgehead atoms. The summed E-state index contributed by atoms with van der Waals surface area (Å²) in [5.74, 6) is -0.0186. The summed E-state index contributed by atoms with van der Waals surface area (Å²) in [7, 11) is 0. The van der Waals surface area contributed by atoms with Gasteiger partial charge in [0.1, 0.15) is 0 Å². The van der Waals surface area contributed by atoms with Crippen LogP contribution in [0.15, 0.2) is 54.6 Å². The lowest BCUT2D eigenvalue weighted by Crippen LogP contribution is -1.93. The SMILES string of the molecule is Cc1ccc(C(=O)/C=C\c2ccccc2Cl)cc1. The molecule has 0 saturated carbocycles. The summed E-state index contributed by atoms with van der Waals surface area (Å²) >= 11 is 6.01. The van der Waals surface area contributed by atoms with E-state index in [0.29, 0.717) is 10.6 Å². The van der Waals surface area contributed by atoms with Gasteiger partial charge < -0.3 is 0 Å². The molecule has 0 aliphatic heterocycles. The highest BCUT2D eigenvalue weighted by molar-refractivity contribution is 6.32. The quantitative estimate of drug-likeness (QED) is 0.582. The van der Waals surface area contributed by atoms with Gasteiger partial charge in [-0.15, -0.1) is 0 Å². The smallest absolute Gasteiger partial charge is 0.185 e. The Hall–Kier alpha value is -1.86. The first-order valence-corrected chi connectivity index (χ1v) is 6.08. The first-order chi connectivity index (χ1) is 8.66. The molecule has 0 amide bonds. The van der Waals surface area contributed by atoms with Crippen molar-refractivity contribution >= 4 is 23.5 Å². The van der Waals surface area contributed by atoms with Gasteiger partial charge in [-0.3, -0.25) is 4.79 Å². The molecule has 2 heteroatoms. The Morgan fingerprint density at radius 2 is 1.72 bits per heavy atom. The van der Waals surface area contributed by atoms with Crippen LogP contribution in [0.3, 0.4) is 0 Å². The highest BCUT2D eigenvalue weighted by Gasteiger charge is 2.01. The van der Waals surface area contributed by atoms with Gasteiger partial charge >= 0.3 is 0 Å². The maximum Gasteiger partial charge on any atom is 0.185 e. The van der Waals surface area contributed by atoms with E-state index in [0.717, 1.165) is 11.1 Å². The highest BCUT2D eigenvalue weighted by atomic mass is 35.5. The van der Waals surface area contributed by atoms with E-state index in [9.17, 15) is 4.79 Å². The number of hydrogen-bond donors (Lipinski definition) is 0. The average molecular weight is 257 g/mol. The fourth-order valence-electron chi connectivity index (χ4n) is 1.59. The number of ketones is 1. The topological polar surface area (TPSA) is 17.1 Å². The molecule has 18 heavy (non-hydrogen) atoms. The van der Waals surface area contributed by atoms with Gasteiger partial charge in [0, 0.05) is 10.6 Å². The molecule has 90 valence electrons. The van der Waals surface area contributed by atoms with E-state index >= 15 is 0 Å². The van der Waals surface area contributed by atoms with Gasteiger partial charge in [-0.1, -0.05) is 59.6 Å². The molecular weight excluding hydrogens is 244 g/mol. The largest absolute Gasteiger partial charge is 0.289 e. The summed E-state index contributed by atoms with van der Waals surface area (Å²) in [5, 5.41) is 0.644. The monoisotopic (exact) mass is 256 g/mol. The first-order valence-electron chi connectivity index (χ1n) is 5.70. The molecule has 0 radical (unpaired) electrons. The summed E-state index contributed by atoms with van der Waals surface area (Å²) in [6.45, 7) is 1.99. The van der Waals surface area contributed by atoms with Gasteiger partial charge in [-0.25, -0.2) is 0 Å².